The van der Waals surface area contributed by atoms with Crippen molar-refractivity contribution in [3.05, 3.63) is 63.7 Å². The molecule has 3 unspecified atom stereocenters. The molecule has 0 radical (unpaired) electrons. The van der Waals surface area contributed by atoms with E-state index >= 15 is 4.39 Å². The van der Waals surface area contributed by atoms with Crippen LogP contribution in [0.25, 0.3) is 0 Å². The van der Waals surface area contributed by atoms with E-state index in [-0.39, 0.29) is 38.1 Å². The Kier molecular flexibility index (Phi) is 8.53. The summed E-state index contributed by atoms with van der Waals surface area (Å²) in [7, 11) is -2.24. The van der Waals surface area contributed by atoms with Gasteiger partial charge in [0.15, 0.2) is 8.32 Å². The zero-order chi connectivity index (χ0) is 31.9. The molecule has 10 heteroatoms. The second-order valence-electron chi connectivity index (χ2n) is 15.2. The smallest absolute Gasteiger partial charge is 0.410 e. The summed E-state index contributed by atoms with van der Waals surface area (Å²) in [5, 5.41) is -0.0204. The molecule has 0 bridgehead atoms. The number of ether oxygens (including phenoxy) is 2. The van der Waals surface area contributed by atoms with Gasteiger partial charge in [-0.05, 0) is 54.4 Å². The molecule has 5 rings (SSSR count). The van der Waals surface area contributed by atoms with Gasteiger partial charge >= 0.3 is 6.18 Å². The molecule has 3 heterocycles. The molecule has 2 aliphatic heterocycles. The summed E-state index contributed by atoms with van der Waals surface area (Å²) < 4.78 is 76.3. The van der Waals surface area contributed by atoms with Crippen LogP contribution in [0, 0.1) is 17.2 Å². The van der Waals surface area contributed by atoms with Crippen LogP contribution < -0.4 is 0 Å². The van der Waals surface area contributed by atoms with Crippen LogP contribution in [-0.2, 0) is 32.1 Å². The van der Waals surface area contributed by atoms with Crippen LogP contribution in [0.1, 0.15) is 107 Å². The van der Waals surface area contributed by atoms with Gasteiger partial charge in [0.2, 0.25) is 0 Å². The summed E-state index contributed by atoms with van der Waals surface area (Å²) in [4.78, 5) is 4.97. The number of rotatable bonds is 4. The fourth-order valence-corrected chi connectivity index (χ4v) is 9.81. The molecule has 0 saturated carbocycles. The number of aromatic nitrogens is 1. The van der Waals surface area contributed by atoms with Gasteiger partial charge in [0.25, 0.3) is 0 Å². The first-order chi connectivity index (χ1) is 19.7. The number of alkyl halides is 4. The van der Waals surface area contributed by atoms with E-state index in [4.69, 9.17) is 18.9 Å². The number of halogens is 5. The Balaban J connectivity index is 1.75. The number of fused-ring (bicyclic) bond motifs is 4. The van der Waals surface area contributed by atoms with Crippen LogP contribution in [0.4, 0.5) is 17.6 Å². The minimum Gasteiger partial charge on any atom is -0.410 e. The highest BCUT2D eigenvalue weighted by molar-refractivity contribution is 14.1. The van der Waals surface area contributed by atoms with Gasteiger partial charge in [-0.15, -0.1) is 0 Å². The maximum atomic E-state index is 15.6. The van der Waals surface area contributed by atoms with Crippen molar-refractivity contribution in [1.29, 1.82) is 0 Å². The first-order valence-electron chi connectivity index (χ1n) is 15.2. The summed E-state index contributed by atoms with van der Waals surface area (Å²) in [6.45, 7) is 20.4. The van der Waals surface area contributed by atoms with E-state index < -0.39 is 37.6 Å². The average molecular weight is 734 g/mol. The van der Waals surface area contributed by atoms with E-state index in [2.05, 4.69) is 84.2 Å². The monoisotopic (exact) mass is 733 g/mol. The number of hydrogen-bond donors (Lipinski definition) is 0. The molecule has 3 aliphatic rings. The normalized spacial score (nSPS) is 29.2. The lowest BCUT2D eigenvalue weighted by molar-refractivity contribution is -0.147. The van der Waals surface area contributed by atoms with Gasteiger partial charge in [-0.2, -0.15) is 13.2 Å². The molecule has 43 heavy (non-hydrogen) atoms. The van der Waals surface area contributed by atoms with E-state index in [1.165, 1.54) is 6.07 Å². The van der Waals surface area contributed by atoms with Crippen molar-refractivity contribution in [3.8, 4) is 0 Å². The van der Waals surface area contributed by atoms with Gasteiger partial charge in [-0.1, -0.05) is 77.1 Å². The first kappa shape index (κ1) is 33.3. The van der Waals surface area contributed by atoms with Gasteiger partial charge < -0.3 is 13.9 Å². The molecular weight excluding hydrogens is 689 g/mol. The average Bonchev–Trinajstić information content (AvgIpc) is 3.17. The summed E-state index contributed by atoms with van der Waals surface area (Å²) in [6, 6.07) is 2.73. The van der Waals surface area contributed by atoms with Crippen molar-refractivity contribution >= 4 is 30.9 Å². The van der Waals surface area contributed by atoms with Gasteiger partial charge in [-0.25, -0.2) is 4.39 Å². The summed E-state index contributed by atoms with van der Waals surface area (Å²) in [6.07, 6.45) is -2.02. The summed E-state index contributed by atoms with van der Waals surface area (Å²) in [5.41, 5.74) is 1.87. The Hall–Kier alpha value is -1.08. The third-order valence-electron chi connectivity index (χ3n) is 10.00. The highest BCUT2D eigenvalue weighted by atomic mass is 127. The predicted molar refractivity (Wildman–Crippen MR) is 170 cm³/mol. The maximum absolute atomic E-state index is 15.6. The van der Waals surface area contributed by atoms with Crippen molar-refractivity contribution < 1.29 is 31.5 Å². The molecule has 0 N–H and O–H groups in total. The van der Waals surface area contributed by atoms with Gasteiger partial charge in [-0.3, -0.25) is 4.98 Å². The molecule has 5 atom stereocenters. The van der Waals surface area contributed by atoms with Crippen molar-refractivity contribution in [2.75, 3.05) is 6.61 Å². The molecule has 1 aromatic carbocycles. The molecule has 238 valence electrons. The Morgan fingerprint density at radius 2 is 1.79 bits per heavy atom. The highest BCUT2D eigenvalue weighted by Gasteiger charge is 2.58. The van der Waals surface area contributed by atoms with Gasteiger partial charge in [0, 0.05) is 40.6 Å². The number of nitrogens with zero attached hydrogens (tertiary/aromatic N) is 1. The Labute approximate surface area is 267 Å². The third-order valence-corrected chi connectivity index (χ3v) is 16.2. The number of hydrogen-bond acceptors (Lipinski definition) is 4. The summed E-state index contributed by atoms with van der Waals surface area (Å²) >= 11 is 2.42. The van der Waals surface area contributed by atoms with E-state index in [0.717, 1.165) is 35.7 Å². The van der Waals surface area contributed by atoms with E-state index in [1.54, 1.807) is 6.20 Å². The fourth-order valence-electron chi connectivity index (χ4n) is 6.73. The molecule has 4 nitrogen and oxygen atoms in total. The number of pyridine rings is 1. The van der Waals surface area contributed by atoms with Crippen LogP contribution in [0.5, 0.6) is 0 Å². The van der Waals surface area contributed by atoms with Crippen molar-refractivity contribution in [3.63, 3.8) is 0 Å². The standard InChI is InChI=1S/C33H44F4INO3Si/c1-18(2)27-29(38)32(12-13-40-27)26-21(28(41-32)20-11-10-19(14-22(20)34)33(35,36)37)17-39-23-15-31(6,7)16-24(25(23)26)42-43(8,9)30(3,4)5/h10-11,14,17-18,24,27-29H,12-13,15-16H2,1-9H3/t24-,27?,28+,29?,32?/m0/s1. The zero-order valence-corrected chi connectivity index (χ0v) is 29.7. The fraction of sp³-hybridized carbons (Fsp3) is 0.667. The molecule has 1 saturated heterocycles. The largest absolute Gasteiger partial charge is 0.416 e. The number of benzene rings is 1. The highest BCUT2D eigenvalue weighted by Crippen LogP contribution is 2.60. The predicted octanol–water partition coefficient (Wildman–Crippen LogP) is 9.84. The summed E-state index contributed by atoms with van der Waals surface area (Å²) in [5.74, 6) is -0.739. The molecular formula is C33H44F4INO3Si. The molecule has 1 aliphatic carbocycles. The Bertz CT molecular complexity index is 1390. The van der Waals surface area contributed by atoms with Crippen molar-refractivity contribution in [1.82, 2.24) is 4.98 Å². The second-order valence-corrected chi connectivity index (χ2v) is 21.3. The minimum atomic E-state index is -4.64. The molecule has 2 aromatic rings. The Morgan fingerprint density at radius 1 is 1.12 bits per heavy atom. The first-order valence-corrected chi connectivity index (χ1v) is 19.3. The van der Waals surface area contributed by atoms with Gasteiger partial charge in [0.05, 0.1) is 28.3 Å². The van der Waals surface area contributed by atoms with Crippen molar-refractivity contribution in [2.24, 2.45) is 11.3 Å². The van der Waals surface area contributed by atoms with Crippen LogP contribution in [0.2, 0.25) is 18.1 Å². The SMILES string of the molecule is CC(C)C1OCCC2(O[C@H](c3ccc(C(F)(F)F)cc3F)c3cnc4c(c32)[C@@H](O[Si](C)(C)C(C)(C)C)CC(C)(C)C4)C1I. The topological polar surface area (TPSA) is 40.6 Å². The van der Waals surface area contributed by atoms with Crippen LogP contribution in [-0.4, -0.2) is 29.9 Å². The van der Waals surface area contributed by atoms with Crippen LogP contribution in [0.3, 0.4) is 0 Å². The van der Waals surface area contributed by atoms with E-state index in [1.807, 2.05) is 0 Å². The second kappa shape index (κ2) is 11.0. The van der Waals surface area contributed by atoms with E-state index in [9.17, 15) is 13.2 Å². The van der Waals surface area contributed by atoms with Crippen LogP contribution in [0.15, 0.2) is 24.4 Å². The lowest BCUT2D eigenvalue weighted by Crippen LogP contribution is -2.52. The molecule has 1 spiro atoms. The lowest BCUT2D eigenvalue weighted by atomic mass is 9.70. The Morgan fingerprint density at radius 3 is 2.37 bits per heavy atom. The van der Waals surface area contributed by atoms with Gasteiger partial charge in [0.1, 0.15) is 17.5 Å². The zero-order valence-electron chi connectivity index (χ0n) is 26.6. The third kappa shape index (κ3) is 5.85. The van der Waals surface area contributed by atoms with E-state index in [0.29, 0.717) is 24.7 Å². The van der Waals surface area contributed by atoms with Crippen LogP contribution >= 0.6 is 22.6 Å². The maximum Gasteiger partial charge on any atom is 0.416 e. The molecule has 0 amide bonds. The molecule has 1 aromatic heterocycles. The minimum absolute atomic E-state index is 0.0204. The molecule has 1 fully saturated rings. The lowest BCUT2D eigenvalue weighted by Gasteiger charge is -2.48. The quantitative estimate of drug-likeness (QED) is 0.136. The van der Waals surface area contributed by atoms with Crippen molar-refractivity contribution in [2.45, 2.75) is 120 Å².